The summed E-state index contributed by atoms with van der Waals surface area (Å²) in [4.78, 5) is 14.4. The topological polar surface area (TPSA) is 44.4 Å². The van der Waals surface area contributed by atoms with E-state index in [-0.39, 0.29) is 11.9 Å². The molecule has 0 radical (unpaired) electrons. The summed E-state index contributed by atoms with van der Waals surface area (Å²) in [7, 11) is 2.17. The minimum absolute atomic E-state index is 0.0544. The fourth-order valence-electron chi connectivity index (χ4n) is 2.89. The lowest BCUT2D eigenvalue weighted by Crippen LogP contribution is -2.46. The molecule has 2 heterocycles. The number of nitrogens with one attached hydrogen (secondary N) is 2. The van der Waals surface area contributed by atoms with Crippen LogP contribution in [-0.2, 0) is 4.79 Å². The minimum atomic E-state index is 0.0544. The average Bonchev–Trinajstić information content (AvgIpc) is 2.66. The number of amides is 1. The van der Waals surface area contributed by atoms with Gasteiger partial charge < -0.3 is 15.5 Å². The van der Waals surface area contributed by atoms with Gasteiger partial charge in [-0.2, -0.15) is 0 Å². The molecule has 0 aromatic rings. The van der Waals surface area contributed by atoms with E-state index in [4.69, 9.17) is 0 Å². The molecule has 0 bridgehead atoms. The second-order valence-corrected chi connectivity index (χ2v) is 5.85. The number of carbonyl (C=O) groups excluding carboxylic acids is 1. The van der Waals surface area contributed by atoms with Crippen molar-refractivity contribution in [1.29, 1.82) is 0 Å². The Hall–Kier alpha value is -0.610. The Balaban J connectivity index is 1.67. The molecule has 4 nitrogen and oxygen atoms in total. The molecule has 0 spiro atoms. The zero-order valence-corrected chi connectivity index (χ0v) is 11.6. The van der Waals surface area contributed by atoms with Crippen molar-refractivity contribution < 1.29 is 4.79 Å². The molecule has 2 aliphatic rings. The molecule has 1 amide bonds. The fourth-order valence-corrected chi connectivity index (χ4v) is 2.89. The maximum absolute atomic E-state index is 12.1. The molecule has 2 aliphatic heterocycles. The van der Waals surface area contributed by atoms with E-state index in [2.05, 4.69) is 22.6 Å². The van der Waals surface area contributed by atoms with Gasteiger partial charge in [0, 0.05) is 6.54 Å². The Morgan fingerprint density at radius 2 is 2.00 bits per heavy atom. The Kier molecular flexibility index (Phi) is 5.45. The summed E-state index contributed by atoms with van der Waals surface area (Å²) < 4.78 is 0. The molecule has 0 aromatic carbocycles. The first kappa shape index (κ1) is 13.8. The van der Waals surface area contributed by atoms with Crippen molar-refractivity contribution >= 4 is 5.91 Å². The van der Waals surface area contributed by atoms with Gasteiger partial charge in [0.05, 0.1) is 6.04 Å². The van der Waals surface area contributed by atoms with Crippen molar-refractivity contribution in [1.82, 2.24) is 15.5 Å². The summed E-state index contributed by atoms with van der Waals surface area (Å²) in [6.07, 6.45) is 7.08. The second kappa shape index (κ2) is 7.10. The Morgan fingerprint density at radius 3 is 2.78 bits per heavy atom. The number of hydrogen-bond acceptors (Lipinski definition) is 3. The van der Waals surface area contributed by atoms with Gasteiger partial charge >= 0.3 is 0 Å². The highest BCUT2D eigenvalue weighted by Gasteiger charge is 2.21. The predicted molar refractivity (Wildman–Crippen MR) is 73.5 cm³/mol. The molecule has 1 atom stereocenters. The van der Waals surface area contributed by atoms with Crippen LogP contribution in [0.25, 0.3) is 0 Å². The zero-order valence-electron chi connectivity index (χ0n) is 11.6. The predicted octanol–water partition coefficient (Wildman–Crippen LogP) is 0.977. The molecular formula is C14H27N3O. The maximum Gasteiger partial charge on any atom is 0.237 e. The van der Waals surface area contributed by atoms with Crippen molar-refractivity contribution in [3.8, 4) is 0 Å². The lowest BCUT2D eigenvalue weighted by Gasteiger charge is -2.29. The molecule has 2 fully saturated rings. The van der Waals surface area contributed by atoms with Crippen LogP contribution in [-0.4, -0.2) is 50.1 Å². The van der Waals surface area contributed by atoms with Crippen molar-refractivity contribution in [2.75, 3.05) is 33.2 Å². The third kappa shape index (κ3) is 4.25. The van der Waals surface area contributed by atoms with Gasteiger partial charge in [-0.15, -0.1) is 0 Å². The first-order valence-corrected chi connectivity index (χ1v) is 7.45. The highest BCUT2D eigenvalue weighted by molar-refractivity contribution is 5.81. The molecule has 0 aliphatic carbocycles. The molecule has 2 saturated heterocycles. The van der Waals surface area contributed by atoms with Crippen LogP contribution in [0.1, 0.15) is 38.5 Å². The van der Waals surface area contributed by atoms with Gasteiger partial charge in [-0.25, -0.2) is 0 Å². The lowest BCUT2D eigenvalue weighted by molar-refractivity contribution is -0.123. The lowest BCUT2D eigenvalue weighted by atomic mass is 9.97. The number of carbonyl (C=O) groups is 1. The van der Waals surface area contributed by atoms with Gasteiger partial charge in [-0.3, -0.25) is 4.79 Å². The summed E-state index contributed by atoms with van der Waals surface area (Å²) in [6, 6.07) is 0.0544. The third-order valence-electron chi connectivity index (χ3n) is 4.28. The Morgan fingerprint density at radius 1 is 1.22 bits per heavy atom. The SMILES string of the molecule is CN1CCC(CNC(=O)C2CCCCCN2)CC1. The van der Waals surface area contributed by atoms with Gasteiger partial charge in [-0.1, -0.05) is 12.8 Å². The molecule has 1 unspecified atom stereocenters. The van der Waals surface area contributed by atoms with Gasteiger partial charge in [0.2, 0.25) is 5.91 Å². The molecular weight excluding hydrogens is 226 g/mol. The van der Waals surface area contributed by atoms with Gasteiger partial charge in [0.1, 0.15) is 0 Å². The van der Waals surface area contributed by atoms with Crippen molar-refractivity contribution in [2.24, 2.45) is 5.92 Å². The molecule has 0 aromatic heterocycles. The number of nitrogens with zero attached hydrogens (tertiary/aromatic N) is 1. The molecule has 4 heteroatoms. The van der Waals surface area contributed by atoms with Crippen LogP contribution in [0.3, 0.4) is 0 Å². The monoisotopic (exact) mass is 253 g/mol. The number of likely N-dealkylation sites (tertiary alicyclic amines) is 1. The number of rotatable bonds is 3. The highest BCUT2D eigenvalue weighted by Crippen LogP contribution is 2.15. The summed E-state index contributed by atoms with van der Waals surface area (Å²) in [5.41, 5.74) is 0. The zero-order chi connectivity index (χ0) is 12.8. The van der Waals surface area contributed by atoms with E-state index in [1.54, 1.807) is 0 Å². The van der Waals surface area contributed by atoms with Crippen molar-refractivity contribution in [3.63, 3.8) is 0 Å². The molecule has 104 valence electrons. The number of hydrogen-bond donors (Lipinski definition) is 2. The quantitative estimate of drug-likeness (QED) is 0.788. The molecule has 0 saturated carbocycles. The van der Waals surface area contributed by atoms with Crippen LogP contribution < -0.4 is 10.6 Å². The largest absolute Gasteiger partial charge is 0.354 e. The standard InChI is InChI=1S/C14H27N3O/c1-17-9-6-12(7-10-17)11-16-14(18)13-5-3-2-4-8-15-13/h12-13,15H,2-11H2,1H3,(H,16,18). The van der Waals surface area contributed by atoms with E-state index in [1.165, 1.54) is 45.2 Å². The Labute approximate surface area is 110 Å². The second-order valence-electron chi connectivity index (χ2n) is 5.85. The minimum Gasteiger partial charge on any atom is -0.354 e. The first-order valence-electron chi connectivity index (χ1n) is 7.45. The van der Waals surface area contributed by atoms with E-state index >= 15 is 0 Å². The third-order valence-corrected chi connectivity index (χ3v) is 4.28. The first-order chi connectivity index (χ1) is 8.75. The fraction of sp³-hybridized carbons (Fsp3) is 0.929. The van der Waals surface area contributed by atoms with Crippen molar-refractivity contribution in [3.05, 3.63) is 0 Å². The highest BCUT2D eigenvalue weighted by atomic mass is 16.2. The van der Waals surface area contributed by atoms with Crippen molar-refractivity contribution in [2.45, 2.75) is 44.6 Å². The van der Waals surface area contributed by atoms with Crippen LogP contribution in [0.15, 0.2) is 0 Å². The summed E-state index contributed by atoms with van der Waals surface area (Å²) in [6.45, 7) is 4.20. The molecule has 2 rings (SSSR count). The van der Waals surface area contributed by atoms with Crippen LogP contribution in [0.2, 0.25) is 0 Å². The van der Waals surface area contributed by atoms with E-state index < -0.39 is 0 Å². The average molecular weight is 253 g/mol. The van der Waals surface area contributed by atoms with Crippen LogP contribution in [0, 0.1) is 5.92 Å². The van der Waals surface area contributed by atoms with E-state index in [0.717, 1.165) is 19.5 Å². The molecule has 2 N–H and O–H groups in total. The number of piperidine rings is 1. The normalized spacial score (nSPS) is 27.7. The maximum atomic E-state index is 12.1. The summed E-state index contributed by atoms with van der Waals surface area (Å²) in [5, 5.41) is 6.50. The Bertz CT molecular complexity index is 254. The van der Waals surface area contributed by atoms with Gasteiger partial charge in [-0.05, 0) is 58.3 Å². The summed E-state index contributed by atoms with van der Waals surface area (Å²) in [5.74, 6) is 0.895. The van der Waals surface area contributed by atoms with E-state index in [0.29, 0.717) is 5.92 Å². The van der Waals surface area contributed by atoms with Crippen LogP contribution in [0.5, 0.6) is 0 Å². The van der Waals surface area contributed by atoms with Crippen LogP contribution in [0.4, 0.5) is 0 Å². The van der Waals surface area contributed by atoms with Gasteiger partial charge in [0.15, 0.2) is 0 Å². The van der Waals surface area contributed by atoms with Gasteiger partial charge in [0.25, 0.3) is 0 Å². The van der Waals surface area contributed by atoms with E-state index in [1.807, 2.05) is 0 Å². The smallest absolute Gasteiger partial charge is 0.237 e. The molecule has 18 heavy (non-hydrogen) atoms. The summed E-state index contributed by atoms with van der Waals surface area (Å²) >= 11 is 0. The van der Waals surface area contributed by atoms with Crippen LogP contribution >= 0.6 is 0 Å². The van der Waals surface area contributed by atoms with E-state index in [9.17, 15) is 4.79 Å².